The van der Waals surface area contributed by atoms with Gasteiger partial charge < -0.3 is 19.2 Å². The summed E-state index contributed by atoms with van der Waals surface area (Å²) in [6.07, 6.45) is -0.175. The fraction of sp³-hybridized carbons (Fsp3) is 0.600. The number of likely N-dealkylation sites (tertiary alicyclic amines) is 1. The number of aromatic nitrogens is 3. The number of ether oxygens (including phenoxy) is 1. The molecule has 1 amide bonds. The van der Waals surface area contributed by atoms with E-state index < -0.39 is 12.1 Å². The molecule has 2 aliphatic rings. The molecule has 2 aliphatic heterocycles. The molecule has 0 spiro atoms. The van der Waals surface area contributed by atoms with E-state index in [1.165, 1.54) is 0 Å². The van der Waals surface area contributed by atoms with E-state index in [4.69, 9.17) is 19.1 Å². The Hall–Kier alpha value is -2.93. The topological polar surface area (TPSA) is 114 Å². The number of amides is 1. The molecule has 0 bridgehead atoms. The summed E-state index contributed by atoms with van der Waals surface area (Å²) in [4.78, 5) is 25.2. The predicted octanol–water partition coefficient (Wildman–Crippen LogP) is 2.05. The van der Waals surface area contributed by atoms with E-state index in [-0.39, 0.29) is 12.5 Å². The molecular formula is C20H26F3N5O5. The zero-order chi connectivity index (χ0) is 23.8. The molecule has 0 aromatic carbocycles. The Morgan fingerprint density at radius 1 is 1.15 bits per heavy atom. The van der Waals surface area contributed by atoms with E-state index in [2.05, 4.69) is 15.2 Å². The number of carbonyl (C=O) groups is 2. The molecule has 0 saturated carbocycles. The Kier molecular flexibility index (Phi) is 8.44. The highest BCUT2D eigenvalue weighted by Gasteiger charge is 2.38. The van der Waals surface area contributed by atoms with Gasteiger partial charge in [0.05, 0.1) is 25.1 Å². The van der Waals surface area contributed by atoms with Crippen LogP contribution in [0.4, 0.5) is 13.2 Å². The second-order valence-electron chi connectivity index (χ2n) is 7.73. The Bertz CT molecular complexity index is 910. The van der Waals surface area contributed by atoms with Gasteiger partial charge in [0.15, 0.2) is 0 Å². The van der Waals surface area contributed by atoms with Crippen LogP contribution < -0.4 is 0 Å². The van der Waals surface area contributed by atoms with Crippen LogP contribution in [0.1, 0.15) is 36.4 Å². The zero-order valence-electron chi connectivity index (χ0n) is 18.0. The summed E-state index contributed by atoms with van der Waals surface area (Å²) in [5.41, 5.74) is 1.90. The molecule has 0 radical (unpaired) electrons. The van der Waals surface area contributed by atoms with Crippen LogP contribution in [-0.4, -0.2) is 74.2 Å². The highest BCUT2D eigenvalue weighted by Crippen LogP contribution is 2.18. The van der Waals surface area contributed by atoms with Crippen LogP contribution in [0.2, 0.25) is 0 Å². The summed E-state index contributed by atoms with van der Waals surface area (Å²) in [5.74, 6) is -1.73. The molecule has 4 rings (SSSR count). The molecule has 2 aromatic rings. The zero-order valence-corrected chi connectivity index (χ0v) is 18.0. The van der Waals surface area contributed by atoms with Gasteiger partial charge in [-0.1, -0.05) is 5.21 Å². The minimum atomic E-state index is -5.08. The van der Waals surface area contributed by atoms with Crippen molar-refractivity contribution >= 4 is 11.9 Å². The van der Waals surface area contributed by atoms with Gasteiger partial charge >= 0.3 is 12.1 Å². The van der Waals surface area contributed by atoms with Crippen molar-refractivity contribution in [3.05, 3.63) is 35.5 Å². The van der Waals surface area contributed by atoms with Crippen molar-refractivity contribution < 1.29 is 37.0 Å². The number of fused-ring (bicyclic) bond motifs is 1. The van der Waals surface area contributed by atoms with Crippen molar-refractivity contribution in [1.29, 1.82) is 0 Å². The molecule has 1 saturated heterocycles. The number of rotatable bonds is 6. The number of hydrogen-bond donors (Lipinski definition) is 1. The molecule has 13 heteroatoms. The number of alkyl halides is 3. The number of aliphatic carboxylic acids is 1. The van der Waals surface area contributed by atoms with Crippen molar-refractivity contribution in [3.8, 4) is 0 Å². The van der Waals surface area contributed by atoms with Crippen LogP contribution in [0.15, 0.2) is 22.8 Å². The molecule has 182 valence electrons. The fourth-order valence-corrected chi connectivity index (χ4v) is 3.62. The monoisotopic (exact) mass is 473 g/mol. The van der Waals surface area contributed by atoms with Gasteiger partial charge in [-0.3, -0.25) is 9.69 Å². The van der Waals surface area contributed by atoms with Gasteiger partial charge in [-0.05, 0) is 31.4 Å². The molecule has 1 fully saturated rings. The second kappa shape index (κ2) is 11.3. The minimum Gasteiger partial charge on any atom is -0.475 e. The molecule has 0 aliphatic carbocycles. The molecular weight excluding hydrogens is 447 g/mol. The number of carboxylic acid groups (broad SMARTS) is 1. The summed E-state index contributed by atoms with van der Waals surface area (Å²) in [7, 11) is 0. The summed E-state index contributed by atoms with van der Waals surface area (Å²) in [6.45, 7) is 5.50. The fourth-order valence-electron chi connectivity index (χ4n) is 3.62. The Labute approximate surface area is 187 Å². The average Bonchev–Trinajstić information content (AvgIpc) is 3.50. The third-order valence-electron chi connectivity index (χ3n) is 5.26. The summed E-state index contributed by atoms with van der Waals surface area (Å²) in [5, 5.41) is 15.7. The predicted molar refractivity (Wildman–Crippen MR) is 107 cm³/mol. The number of carbonyl (C=O) groups excluding carboxylic acids is 1. The number of halogens is 3. The molecule has 0 unspecified atom stereocenters. The smallest absolute Gasteiger partial charge is 0.475 e. The third kappa shape index (κ3) is 7.29. The summed E-state index contributed by atoms with van der Waals surface area (Å²) in [6, 6.07) is 3.91. The molecule has 1 N–H and O–H groups in total. The summed E-state index contributed by atoms with van der Waals surface area (Å²) >= 11 is 0. The van der Waals surface area contributed by atoms with Gasteiger partial charge in [0.2, 0.25) is 5.91 Å². The number of aryl methyl sites for hydroxylation is 1. The van der Waals surface area contributed by atoms with E-state index in [9.17, 15) is 18.0 Å². The quantitative estimate of drug-likeness (QED) is 0.678. The first kappa shape index (κ1) is 24.7. The van der Waals surface area contributed by atoms with Crippen molar-refractivity contribution in [2.75, 3.05) is 26.2 Å². The molecule has 10 nitrogen and oxygen atoms in total. The molecule has 4 heterocycles. The van der Waals surface area contributed by atoms with Gasteiger partial charge in [0.25, 0.3) is 0 Å². The Morgan fingerprint density at radius 2 is 1.88 bits per heavy atom. The average molecular weight is 473 g/mol. The summed E-state index contributed by atoms with van der Waals surface area (Å²) < 4.78 is 44.8. The standard InChI is InChI=1S/C18H25N5O3.C2HF3O2/c24-18(22-7-1-2-8-22)14-25-13-16-17-12-21(11-15-5-3-10-26-15)6-4-9-23(17)20-19-16;3-2(4,5)1(6)7/h3,5,10H,1-2,4,6-9,11-14H2;(H,6,7). The lowest BCUT2D eigenvalue weighted by atomic mass is 10.3. The highest BCUT2D eigenvalue weighted by atomic mass is 19.4. The first-order chi connectivity index (χ1) is 15.7. The second-order valence-corrected chi connectivity index (χ2v) is 7.73. The molecule has 2 aromatic heterocycles. The van der Waals surface area contributed by atoms with Crippen LogP contribution in [0.3, 0.4) is 0 Å². The van der Waals surface area contributed by atoms with Crippen LogP contribution in [0.5, 0.6) is 0 Å². The van der Waals surface area contributed by atoms with E-state index in [1.54, 1.807) is 6.26 Å². The van der Waals surface area contributed by atoms with Crippen molar-refractivity contribution in [2.24, 2.45) is 0 Å². The lowest BCUT2D eigenvalue weighted by Crippen LogP contribution is -2.31. The number of hydrogen-bond acceptors (Lipinski definition) is 7. The van der Waals surface area contributed by atoms with Gasteiger partial charge in [0.1, 0.15) is 18.1 Å². The molecule has 0 atom stereocenters. The normalized spacial score (nSPS) is 16.6. The van der Waals surface area contributed by atoms with E-state index in [0.717, 1.165) is 75.7 Å². The Morgan fingerprint density at radius 3 is 2.52 bits per heavy atom. The van der Waals surface area contributed by atoms with Crippen molar-refractivity contribution in [2.45, 2.75) is 51.7 Å². The number of nitrogens with zero attached hydrogens (tertiary/aromatic N) is 5. The van der Waals surface area contributed by atoms with Crippen molar-refractivity contribution in [1.82, 2.24) is 24.8 Å². The SMILES string of the molecule is O=C(COCc1nnn2c1CN(Cc1ccco1)CCC2)N1CCCC1.O=C(O)C(F)(F)F. The van der Waals surface area contributed by atoms with E-state index in [1.807, 2.05) is 21.7 Å². The van der Waals surface area contributed by atoms with Gasteiger partial charge in [0, 0.05) is 32.7 Å². The van der Waals surface area contributed by atoms with Gasteiger partial charge in [-0.15, -0.1) is 5.10 Å². The minimum absolute atomic E-state index is 0.0696. The third-order valence-corrected chi connectivity index (χ3v) is 5.26. The van der Waals surface area contributed by atoms with Crippen LogP contribution in [0, 0.1) is 0 Å². The lowest BCUT2D eigenvalue weighted by molar-refractivity contribution is -0.192. The Balaban J connectivity index is 0.000000383. The maximum atomic E-state index is 12.1. The maximum absolute atomic E-state index is 12.1. The number of carboxylic acids is 1. The van der Waals surface area contributed by atoms with Crippen LogP contribution in [-0.2, 0) is 40.6 Å². The van der Waals surface area contributed by atoms with Crippen LogP contribution in [0.25, 0.3) is 0 Å². The van der Waals surface area contributed by atoms with Gasteiger partial charge in [-0.25, -0.2) is 9.48 Å². The van der Waals surface area contributed by atoms with E-state index >= 15 is 0 Å². The lowest BCUT2D eigenvalue weighted by Gasteiger charge is -2.18. The first-order valence-corrected chi connectivity index (χ1v) is 10.6. The van der Waals surface area contributed by atoms with Gasteiger partial charge in [-0.2, -0.15) is 13.2 Å². The number of furan rings is 1. The maximum Gasteiger partial charge on any atom is 0.490 e. The van der Waals surface area contributed by atoms with E-state index in [0.29, 0.717) is 6.61 Å². The van der Waals surface area contributed by atoms with Crippen molar-refractivity contribution in [3.63, 3.8) is 0 Å². The highest BCUT2D eigenvalue weighted by molar-refractivity contribution is 5.77. The first-order valence-electron chi connectivity index (χ1n) is 10.6. The van der Waals surface area contributed by atoms with Crippen LogP contribution >= 0.6 is 0 Å². The molecule has 33 heavy (non-hydrogen) atoms. The largest absolute Gasteiger partial charge is 0.490 e.